The molecule has 0 N–H and O–H groups in total. The lowest BCUT2D eigenvalue weighted by Gasteiger charge is -2.35. The Hall–Kier alpha value is -0.0200. The summed E-state index contributed by atoms with van der Waals surface area (Å²) in [6.07, 6.45) is 5.61. The van der Waals surface area contributed by atoms with Crippen LogP contribution in [0.4, 0.5) is 0 Å². The minimum atomic E-state index is 0.341. The highest BCUT2D eigenvalue weighted by molar-refractivity contribution is 7.99. The van der Waals surface area contributed by atoms with E-state index in [1.165, 1.54) is 30.9 Å². The second kappa shape index (κ2) is 6.06. The summed E-state index contributed by atoms with van der Waals surface area (Å²) in [6, 6.07) is 0.662. The smallest absolute Gasteiger partial charge is 0.137 e. The third kappa shape index (κ3) is 3.24. The average molecular weight is 241 g/mol. The van der Waals surface area contributed by atoms with Crippen molar-refractivity contribution >= 4 is 17.5 Å². The van der Waals surface area contributed by atoms with Gasteiger partial charge < -0.3 is 0 Å². The molecule has 0 radical (unpaired) electrons. The van der Waals surface area contributed by atoms with Crippen molar-refractivity contribution in [3.8, 4) is 0 Å². The summed E-state index contributed by atoms with van der Waals surface area (Å²) in [6.45, 7) is 4.50. The summed E-state index contributed by atoms with van der Waals surface area (Å²) in [5.74, 6) is 3.35. The largest absolute Gasteiger partial charge is 0.299 e. The minimum absolute atomic E-state index is 0.341. The van der Waals surface area contributed by atoms with Crippen LogP contribution < -0.4 is 0 Å². The number of ketones is 1. The van der Waals surface area contributed by atoms with E-state index in [0.717, 1.165) is 25.8 Å². The summed E-state index contributed by atoms with van der Waals surface area (Å²) in [7, 11) is 0. The number of rotatable bonds is 2. The fraction of sp³-hybridized carbons (Fsp3) is 0.923. The SMILES string of the molecule is CC1CSCCN1CC1CCCCCC1=O. The molecule has 0 aromatic heterocycles. The van der Waals surface area contributed by atoms with Gasteiger partial charge in [0.15, 0.2) is 0 Å². The van der Waals surface area contributed by atoms with Gasteiger partial charge in [-0.05, 0) is 19.8 Å². The molecule has 0 aromatic rings. The number of hydrogen-bond acceptors (Lipinski definition) is 3. The Morgan fingerprint density at radius 2 is 2.25 bits per heavy atom. The van der Waals surface area contributed by atoms with E-state index in [4.69, 9.17) is 0 Å². The Kier molecular flexibility index (Phi) is 4.71. The second-order valence-corrected chi connectivity index (χ2v) is 6.33. The van der Waals surface area contributed by atoms with Gasteiger partial charge in [-0.1, -0.05) is 12.8 Å². The van der Waals surface area contributed by atoms with Crippen LogP contribution in [0.3, 0.4) is 0 Å². The van der Waals surface area contributed by atoms with Crippen LogP contribution in [0.5, 0.6) is 0 Å². The molecule has 3 heteroatoms. The number of nitrogens with zero attached hydrogens (tertiary/aromatic N) is 1. The average Bonchev–Trinajstić information content (AvgIpc) is 2.48. The van der Waals surface area contributed by atoms with Gasteiger partial charge in [0.05, 0.1) is 0 Å². The predicted octanol–water partition coefficient (Wildman–Crippen LogP) is 2.57. The quantitative estimate of drug-likeness (QED) is 0.693. The molecular formula is C13H23NOS. The molecule has 2 fully saturated rings. The molecule has 0 amide bonds. The van der Waals surface area contributed by atoms with Crippen molar-refractivity contribution in [3.05, 3.63) is 0 Å². The normalized spacial score (nSPS) is 33.7. The summed E-state index contributed by atoms with van der Waals surface area (Å²) in [5.41, 5.74) is 0. The Labute approximate surface area is 103 Å². The molecule has 1 heterocycles. The van der Waals surface area contributed by atoms with Crippen LogP contribution in [-0.4, -0.2) is 41.3 Å². The van der Waals surface area contributed by atoms with Crippen LogP contribution in [0.25, 0.3) is 0 Å². The van der Waals surface area contributed by atoms with Gasteiger partial charge in [-0.2, -0.15) is 11.8 Å². The maximum Gasteiger partial charge on any atom is 0.137 e. The summed E-state index contributed by atoms with van der Waals surface area (Å²) < 4.78 is 0. The summed E-state index contributed by atoms with van der Waals surface area (Å²) in [5, 5.41) is 0. The van der Waals surface area contributed by atoms with E-state index in [9.17, 15) is 4.79 Å². The third-order valence-corrected chi connectivity index (χ3v) is 5.08. The third-order valence-electron chi connectivity index (χ3n) is 3.89. The van der Waals surface area contributed by atoms with Crippen LogP contribution in [0, 0.1) is 5.92 Å². The summed E-state index contributed by atoms with van der Waals surface area (Å²) >= 11 is 2.05. The van der Waals surface area contributed by atoms with Crippen molar-refractivity contribution in [2.75, 3.05) is 24.6 Å². The molecule has 92 valence electrons. The zero-order valence-corrected chi connectivity index (χ0v) is 11.1. The molecule has 1 aliphatic heterocycles. The van der Waals surface area contributed by atoms with E-state index in [2.05, 4.69) is 11.8 Å². The molecular weight excluding hydrogens is 218 g/mol. The lowest BCUT2D eigenvalue weighted by molar-refractivity contribution is -0.123. The van der Waals surface area contributed by atoms with E-state index in [0.29, 0.717) is 17.7 Å². The topological polar surface area (TPSA) is 20.3 Å². The first-order valence-corrected chi connectivity index (χ1v) is 7.77. The van der Waals surface area contributed by atoms with E-state index in [1.807, 2.05) is 11.8 Å². The predicted molar refractivity (Wildman–Crippen MR) is 69.9 cm³/mol. The van der Waals surface area contributed by atoms with Gasteiger partial charge in [-0.15, -0.1) is 0 Å². The molecule has 2 nitrogen and oxygen atoms in total. The minimum Gasteiger partial charge on any atom is -0.299 e. The molecule has 0 spiro atoms. The van der Waals surface area contributed by atoms with Gasteiger partial charge in [-0.3, -0.25) is 9.69 Å². The molecule has 1 saturated heterocycles. The first-order chi connectivity index (χ1) is 7.77. The van der Waals surface area contributed by atoms with Gasteiger partial charge >= 0.3 is 0 Å². The molecule has 16 heavy (non-hydrogen) atoms. The molecule has 1 saturated carbocycles. The molecule has 1 aliphatic carbocycles. The Morgan fingerprint density at radius 3 is 3.06 bits per heavy atom. The van der Waals surface area contributed by atoms with Gasteiger partial charge in [-0.25, -0.2) is 0 Å². The fourth-order valence-corrected chi connectivity index (χ4v) is 3.82. The number of carbonyl (C=O) groups excluding carboxylic acids is 1. The van der Waals surface area contributed by atoms with E-state index in [-0.39, 0.29) is 0 Å². The lowest BCUT2D eigenvalue weighted by atomic mass is 9.98. The summed E-state index contributed by atoms with van der Waals surface area (Å²) in [4.78, 5) is 14.5. The zero-order valence-electron chi connectivity index (χ0n) is 10.3. The van der Waals surface area contributed by atoms with E-state index < -0.39 is 0 Å². The van der Waals surface area contributed by atoms with Crippen molar-refractivity contribution in [1.29, 1.82) is 0 Å². The van der Waals surface area contributed by atoms with Crippen molar-refractivity contribution in [3.63, 3.8) is 0 Å². The molecule has 0 bridgehead atoms. The lowest BCUT2D eigenvalue weighted by Crippen LogP contribution is -2.44. The van der Waals surface area contributed by atoms with Crippen molar-refractivity contribution in [2.45, 2.75) is 45.1 Å². The first kappa shape index (κ1) is 12.4. The zero-order chi connectivity index (χ0) is 11.4. The number of hydrogen-bond donors (Lipinski definition) is 0. The van der Waals surface area contributed by atoms with Crippen molar-refractivity contribution in [1.82, 2.24) is 4.90 Å². The van der Waals surface area contributed by atoms with E-state index in [1.54, 1.807) is 0 Å². The van der Waals surface area contributed by atoms with Crippen LogP contribution in [0.1, 0.15) is 39.0 Å². The van der Waals surface area contributed by atoms with Crippen molar-refractivity contribution in [2.24, 2.45) is 5.92 Å². The van der Waals surface area contributed by atoms with Gasteiger partial charge in [0, 0.05) is 43.0 Å². The standard InChI is InChI=1S/C13H23NOS/c1-11-10-16-8-7-14(11)9-12-5-3-2-4-6-13(12)15/h11-12H,2-10H2,1H3. The fourth-order valence-electron chi connectivity index (χ4n) is 2.74. The Morgan fingerprint density at radius 1 is 1.38 bits per heavy atom. The number of Topliss-reactive ketones (excluding diaryl/α,β-unsaturated/α-hetero) is 1. The molecule has 2 atom stereocenters. The van der Waals surface area contributed by atoms with Crippen LogP contribution >= 0.6 is 11.8 Å². The highest BCUT2D eigenvalue weighted by Gasteiger charge is 2.26. The maximum absolute atomic E-state index is 12.0. The molecule has 2 unspecified atom stereocenters. The van der Waals surface area contributed by atoms with Gasteiger partial charge in [0.25, 0.3) is 0 Å². The monoisotopic (exact) mass is 241 g/mol. The van der Waals surface area contributed by atoms with Gasteiger partial charge in [0.2, 0.25) is 0 Å². The van der Waals surface area contributed by atoms with Crippen LogP contribution in [0.2, 0.25) is 0 Å². The molecule has 2 rings (SSSR count). The highest BCUT2D eigenvalue weighted by atomic mass is 32.2. The Bertz CT molecular complexity index is 244. The highest BCUT2D eigenvalue weighted by Crippen LogP contribution is 2.24. The number of carbonyl (C=O) groups is 1. The first-order valence-electron chi connectivity index (χ1n) is 6.62. The van der Waals surface area contributed by atoms with Crippen molar-refractivity contribution < 1.29 is 4.79 Å². The molecule has 0 aromatic carbocycles. The van der Waals surface area contributed by atoms with E-state index >= 15 is 0 Å². The van der Waals surface area contributed by atoms with Crippen LogP contribution in [-0.2, 0) is 4.79 Å². The maximum atomic E-state index is 12.0. The molecule has 2 aliphatic rings. The number of thioether (sulfide) groups is 1. The second-order valence-electron chi connectivity index (χ2n) is 5.18. The van der Waals surface area contributed by atoms with Gasteiger partial charge in [0.1, 0.15) is 5.78 Å². The van der Waals surface area contributed by atoms with Crippen LogP contribution in [0.15, 0.2) is 0 Å². The Balaban J connectivity index is 1.88.